The van der Waals surface area contributed by atoms with Crippen molar-refractivity contribution >= 4 is 11.3 Å². The van der Waals surface area contributed by atoms with Gasteiger partial charge in [0.25, 0.3) is 0 Å². The smallest absolute Gasteiger partial charge is 0.0315 e. The Kier molecular flexibility index (Phi) is 3.70. The number of hydrogen-bond acceptors (Lipinski definition) is 3. The van der Waals surface area contributed by atoms with Crippen LogP contribution in [0.25, 0.3) is 0 Å². The average Bonchev–Trinajstić information content (AvgIpc) is 2.73. The van der Waals surface area contributed by atoms with Crippen LogP contribution in [0.2, 0.25) is 0 Å². The monoisotopic (exact) mass is 232 g/mol. The molecule has 1 unspecified atom stereocenters. The summed E-state index contributed by atoms with van der Waals surface area (Å²) < 4.78 is 0. The Balaban J connectivity index is 1.94. The van der Waals surface area contributed by atoms with Gasteiger partial charge in [0, 0.05) is 25.0 Å². The molecule has 0 aliphatic rings. The minimum Gasteiger partial charge on any atom is -0.306 e. The molecule has 0 aliphatic carbocycles. The molecule has 0 saturated carbocycles. The quantitative estimate of drug-likeness (QED) is 0.875. The number of aromatic nitrogens is 1. The second-order valence-corrected chi connectivity index (χ2v) is 4.71. The van der Waals surface area contributed by atoms with Crippen molar-refractivity contribution in [3.05, 3.63) is 52.0 Å². The van der Waals surface area contributed by atoms with Gasteiger partial charge in [-0.3, -0.25) is 4.98 Å². The summed E-state index contributed by atoms with van der Waals surface area (Å²) in [4.78, 5) is 4.13. The van der Waals surface area contributed by atoms with Gasteiger partial charge >= 0.3 is 0 Å². The summed E-state index contributed by atoms with van der Waals surface area (Å²) in [5.74, 6) is 0. The number of nitrogens with one attached hydrogen (secondary N) is 1. The SMILES string of the molecule is Cc1cscc1CNC(C)c1cccnc1. The Morgan fingerprint density at radius 3 is 2.94 bits per heavy atom. The van der Waals surface area contributed by atoms with E-state index in [1.807, 2.05) is 12.3 Å². The van der Waals surface area contributed by atoms with Crippen LogP contribution in [-0.4, -0.2) is 4.98 Å². The van der Waals surface area contributed by atoms with Crippen molar-refractivity contribution in [1.82, 2.24) is 10.3 Å². The van der Waals surface area contributed by atoms with Crippen LogP contribution >= 0.6 is 11.3 Å². The molecular formula is C13H16N2S. The highest BCUT2D eigenvalue weighted by Crippen LogP contribution is 2.16. The zero-order valence-electron chi connectivity index (χ0n) is 9.60. The van der Waals surface area contributed by atoms with E-state index >= 15 is 0 Å². The van der Waals surface area contributed by atoms with Crippen LogP contribution in [0.15, 0.2) is 35.3 Å². The van der Waals surface area contributed by atoms with Gasteiger partial charge in [0.15, 0.2) is 0 Å². The Morgan fingerprint density at radius 1 is 1.44 bits per heavy atom. The standard InChI is InChI=1S/C13H16N2S/c1-10-8-16-9-13(10)7-15-11(2)12-4-3-5-14-6-12/h3-6,8-9,11,15H,7H2,1-2H3. The van der Waals surface area contributed by atoms with E-state index in [0.29, 0.717) is 6.04 Å². The van der Waals surface area contributed by atoms with Gasteiger partial charge < -0.3 is 5.32 Å². The highest BCUT2D eigenvalue weighted by Gasteiger charge is 2.05. The van der Waals surface area contributed by atoms with E-state index in [4.69, 9.17) is 0 Å². The lowest BCUT2D eigenvalue weighted by Crippen LogP contribution is -2.18. The van der Waals surface area contributed by atoms with Gasteiger partial charge in [0.2, 0.25) is 0 Å². The Hall–Kier alpha value is -1.19. The average molecular weight is 232 g/mol. The van der Waals surface area contributed by atoms with Gasteiger partial charge in [0.05, 0.1) is 0 Å². The van der Waals surface area contributed by atoms with Gasteiger partial charge in [-0.1, -0.05) is 6.07 Å². The molecule has 0 aliphatic heterocycles. The number of aryl methyl sites for hydroxylation is 1. The molecule has 16 heavy (non-hydrogen) atoms. The van der Waals surface area contributed by atoms with Gasteiger partial charge in [-0.05, 0) is 47.4 Å². The highest BCUT2D eigenvalue weighted by molar-refractivity contribution is 7.08. The minimum absolute atomic E-state index is 0.341. The molecule has 2 aromatic heterocycles. The number of hydrogen-bond donors (Lipinski definition) is 1. The van der Waals surface area contributed by atoms with Crippen molar-refractivity contribution in [2.45, 2.75) is 26.4 Å². The number of nitrogens with zero attached hydrogens (tertiary/aromatic N) is 1. The largest absolute Gasteiger partial charge is 0.306 e. The van der Waals surface area contributed by atoms with Crippen molar-refractivity contribution in [2.24, 2.45) is 0 Å². The molecule has 2 heterocycles. The first kappa shape index (κ1) is 11.3. The summed E-state index contributed by atoms with van der Waals surface area (Å²) in [6.45, 7) is 5.24. The predicted molar refractivity (Wildman–Crippen MR) is 68.5 cm³/mol. The Labute approximate surface area is 100 Å². The maximum atomic E-state index is 4.13. The fourth-order valence-electron chi connectivity index (χ4n) is 1.58. The number of rotatable bonds is 4. The molecule has 0 bridgehead atoms. The van der Waals surface area contributed by atoms with Crippen molar-refractivity contribution < 1.29 is 0 Å². The summed E-state index contributed by atoms with van der Waals surface area (Å²) in [7, 11) is 0. The Bertz CT molecular complexity index is 436. The summed E-state index contributed by atoms with van der Waals surface area (Å²) >= 11 is 1.76. The first-order valence-electron chi connectivity index (χ1n) is 5.42. The fourth-order valence-corrected chi connectivity index (χ4v) is 2.44. The number of thiophene rings is 1. The Morgan fingerprint density at radius 2 is 2.31 bits per heavy atom. The van der Waals surface area contributed by atoms with Crippen molar-refractivity contribution in [1.29, 1.82) is 0 Å². The fraction of sp³-hybridized carbons (Fsp3) is 0.308. The second kappa shape index (κ2) is 5.23. The lowest BCUT2D eigenvalue weighted by Gasteiger charge is -2.13. The molecule has 0 saturated heterocycles. The van der Waals surface area contributed by atoms with E-state index < -0.39 is 0 Å². The van der Waals surface area contributed by atoms with Crippen LogP contribution in [0.4, 0.5) is 0 Å². The van der Waals surface area contributed by atoms with Gasteiger partial charge in [0.1, 0.15) is 0 Å². The van der Waals surface area contributed by atoms with Crippen LogP contribution in [0, 0.1) is 6.92 Å². The summed E-state index contributed by atoms with van der Waals surface area (Å²) in [6.07, 6.45) is 3.72. The van der Waals surface area contributed by atoms with Crippen LogP contribution in [0.1, 0.15) is 29.7 Å². The molecule has 3 heteroatoms. The van der Waals surface area contributed by atoms with E-state index in [-0.39, 0.29) is 0 Å². The number of pyridine rings is 1. The summed E-state index contributed by atoms with van der Waals surface area (Å²) in [5, 5.41) is 7.90. The minimum atomic E-state index is 0.341. The molecule has 1 atom stereocenters. The van der Waals surface area contributed by atoms with E-state index in [1.165, 1.54) is 16.7 Å². The molecule has 0 fully saturated rings. The van der Waals surface area contributed by atoms with Gasteiger partial charge in [-0.2, -0.15) is 11.3 Å². The van der Waals surface area contributed by atoms with Crippen LogP contribution in [0.3, 0.4) is 0 Å². The van der Waals surface area contributed by atoms with Gasteiger partial charge in [-0.25, -0.2) is 0 Å². The predicted octanol–water partition coefficient (Wildman–Crippen LogP) is 3.30. The zero-order chi connectivity index (χ0) is 11.4. The maximum Gasteiger partial charge on any atom is 0.0315 e. The van der Waals surface area contributed by atoms with E-state index in [0.717, 1.165) is 6.54 Å². The topological polar surface area (TPSA) is 24.9 Å². The third-order valence-electron chi connectivity index (χ3n) is 2.74. The third kappa shape index (κ3) is 2.68. The third-order valence-corrected chi connectivity index (χ3v) is 3.65. The zero-order valence-corrected chi connectivity index (χ0v) is 10.4. The van der Waals surface area contributed by atoms with Crippen LogP contribution in [-0.2, 0) is 6.54 Å². The lowest BCUT2D eigenvalue weighted by atomic mass is 10.1. The molecule has 2 rings (SSSR count). The lowest BCUT2D eigenvalue weighted by molar-refractivity contribution is 0.572. The molecular weight excluding hydrogens is 216 g/mol. The van der Waals surface area contributed by atoms with Crippen LogP contribution in [0.5, 0.6) is 0 Å². The van der Waals surface area contributed by atoms with Crippen molar-refractivity contribution in [3.8, 4) is 0 Å². The van der Waals surface area contributed by atoms with E-state index in [9.17, 15) is 0 Å². The van der Waals surface area contributed by atoms with Gasteiger partial charge in [-0.15, -0.1) is 0 Å². The summed E-state index contributed by atoms with van der Waals surface area (Å²) in [6, 6.07) is 4.42. The maximum absolute atomic E-state index is 4.13. The molecule has 1 N–H and O–H groups in total. The molecule has 0 radical (unpaired) electrons. The molecule has 84 valence electrons. The molecule has 0 amide bonds. The summed E-state index contributed by atoms with van der Waals surface area (Å²) in [5.41, 5.74) is 3.99. The normalized spacial score (nSPS) is 12.6. The first-order valence-corrected chi connectivity index (χ1v) is 6.36. The molecule has 0 spiro atoms. The van der Waals surface area contributed by atoms with Crippen molar-refractivity contribution in [3.63, 3.8) is 0 Å². The molecule has 2 nitrogen and oxygen atoms in total. The first-order chi connectivity index (χ1) is 7.77. The highest BCUT2D eigenvalue weighted by atomic mass is 32.1. The molecule has 2 aromatic rings. The second-order valence-electron chi connectivity index (χ2n) is 3.97. The van der Waals surface area contributed by atoms with Crippen molar-refractivity contribution in [2.75, 3.05) is 0 Å². The van der Waals surface area contributed by atoms with E-state index in [1.54, 1.807) is 17.5 Å². The van der Waals surface area contributed by atoms with Crippen LogP contribution < -0.4 is 5.32 Å². The molecule has 0 aromatic carbocycles. The van der Waals surface area contributed by atoms with E-state index in [2.05, 4.69) is 41.0 Å².